The molecule has 0 spiro atoms. The van der Waals surface area contributed by atoms with Crippen molar-refractivity contribution in [3.63, 3.8) is 0 Å². The Hall–Kier alpha value is -4.24. The third-order valence-electron chi connectivity index (χ3n) is 5.21. The van der Waals surface area contributed by atoms with Crippen LogP contribution < -0.4 is 20.1 Å². The van der Waals surface area contributed by atoms with Crippen LogP contribution in [0, 0.1) is 6.92 Å². The first-order valence-corrected chi connectivity index (χ1v) is 11.6. The van der Waals surface area contributed by atoms with Gasteiger partial charge in [-0.2, -0.15) is 0 Å². The molecule has 0 atom stereocenters. The Bertz CT molecular complexity index is 1350. The minimum Gasteiger partial charge on any atom is -0.493 e. The number of amides is 2. The number of benzene rings is 2. The normalized spacial score (nSPS) is 10.5. The summed E-state index contributed by atoms with van der Waals surface area (Å²) < 4.78 is 10.7. The minimum atomic E-state index is -0.225. The average Bonchev–Trinajstić information content (AvgIpc) is 3.29. The molecule has 2 aromatic heterocycles. The molecule has 4 rings (SSSR count). The largest absolute Gasteiger partial charge is 0.493 e. The van der Waals surface area contributed by atoms with Gasteiger partial charge >= 0.3 is 0 Å². The zero-order valence-corrected chi connectivity index (χ0v) is 20.3. The fraction of sp³-hybridized carbons (Fsp3) is 0.154. The van der Waals surface area contributed by atoms with E-state index in [4.69, 9.17) is 9.47 Å². The maximum absolute atomic E-state index is 12.9. The molecular weight excluding hydrogens is 464 g/mol. The summed E-state index contributed by atoms with van der Waals surface area (Å²) in [5.41, 5.74) is 3.50. The molecule has 35 heavy (non-hydrogen) atoms. The molecule has 0 fully saturated rings. The number of aromatic nitrogens is 2. The van der Waals surface area contributed by atoms with Crippen LogP contribution in [0.15, 0.2) is 67.0 Å². The van der Waals surface area contributed by atoms with Gasteiger partial charge in [0, 0.05) is 35.8 Å². The smallest absolute Gasteiger partial charge is 0.263 e. The van der Waals surface area contributed by atoms with Crippen molar-refractivity contribution >= 4 is 28.8 Å². The molecule has 2 N–H and O–H groups in total. The molecule has 0 aliphatic rings. The van der Waals surface area contributed by atoms with E-state index in [0.29, 0.717) is 39.9 Å². The summed E-state index contributed by atoms with van der Waals surface area (Å²) in [4.78, 5) is 34.3. The summed E-state index contributed by atoms with van der Waals surface area (Å²) in [6.45, 7) is 2.12. The molecule has 4 aromatic rings. The maximum atomic E-state index is 12.9. The number of thiazole rings is 1. The molecule has 178 valence electrons. The number of ether oxygens (including phenoxy) is 2. The first-order valence-electron chi connectivity index (χ1n) is 10.8. The highest BCUT2D eigenvalue weighted by Gasteiger charge is 2.17. The number of methoxy groups -OCH3 is 2. The fourth-order valence-electron chi connectivity index (χ4n) is 3.43. The van der Waals surface area contributed by atoms with Gasteiger partial charge in [0.2, 0.25) is 0 Å². The van der Waals surface area contributed by atoms with Crippen molar-refractivity contribution in [1.29, 1.82) is 0 Å². The molecule has 2 amide bonds. The second kappa shape index (κ2) is 10.8. The van der Waals surface area contributed by atoms with Crippen LogP contribution in [0.3, 0.4) is 0 Å². The highest BCUT2D eigenvalue weighted by atomic mass is 32.1. The predicted octanol–water partition coefficient (Wildman–Crippen LogP) is 4.71. The Labute approximate surface area is 207 Å². The molecule has 9 heteroatoms. The van der Waals surface area contributed by atoms with E-state index >= 15 is 0 Å². The molecule has 0 radical (unpaired) electrons. The van der Waals surface area contributed by atoms with Crippen LogP contribution in [0.5, 0.6) is 11.5 Å². The number of hydrogen-bond donors (Lipinski definition) is 2. The van der Waals surface area contributed by atoms with Crippen molar-refractivity contribution in [2.75, 3.05) is 19.5 Å². The fourth-order valence-corrected chi connectivity index (χ4v) is 4.41. The van der Waals surface area contributed by atoms with Gasteiger partial charge in [0.1, 0.15) is 9.88 Å². The van der Waals surface area contributed by atoms with Crippen LogP contribution in [0.2, 0.25) is 0 Å². The van der Waals surface area contributed by atoms with Crippen LogP contribution >= 0.6 is 11.3 Å². The molecule has 2 heterocycles. The first kappa shape index (κ1) is 23.9. The number of hydrogen-bond acceptors (Lipinski definition) is 7. The topological polar surface area (TPSA) is 102 Å². The second-order valence-electron chi connectivity index (χ2n) is 7.58. The van der Waals surface area contributed by atoms with Crippen LogP contribution in [-0.4, -0.2) is 36.0 Å². The van der Waals surface area contributed by atoms with E-state index in [9.17, 15) is 9.59 Å². The molecule has 2 aromatic carbocycles. The zero-order valence-electron chi connectivity index (χ0n) is 19.5. The van der Waals surface area contributed by atoms with Crippen molar-refractivity contribution in [3.8, 4) is 22.1 Å². The monoisotopic (exact) mass is 488 g/mol. The average molecular weight is 489 g/mol. The van der Waals surface area contributed by atoms with Crippen molar-refractivity contribution in [3.05, 3.63) is 88.7 Å². The number of nitrogens with zero attached hydrogens (tertiary/aromatic N) is 2. The number of aryl methyl sites for hydroxylation is 1. The summed E-state index contributed by atoms with van der Waals surface area (Å²) in [7, 11) is 3.16. The standard InChI is InChI=1S/C26H24N4O4S/c1-16-23(35-26(29-16)19-7-8-21(33-2)22(14-19)34-3)25(32)28-15-17-5-4-6-20(13-17)30-24(31)18-9-11-27-12-10-18/h4-14H,15H2,1-3H3,(H,28,32)(H,30,31). The summed E-state index contributed by atoms with van der Waals surface area (Å²) in [5.74, 6) is 0.788. The number of nitrogens with one attached hydrogen (secondary N) is 2. The molecule has 0 unspecified atom stereocenters. The van der Waals surface area contributed by atoms with Crippen molar-refractivity contribution in [1.82, 2.24) is 15.3 Å². The van der Waals surface area contributed by atoms with Crippen LogP contribution in [0.25, 0.3) is 10.6 Å². The molecular formula is C26H24N4O4S. The van der Waals surface area contributed by atoms with Crippen molar-refractivity contribution in [2.24, 2.45) is 0 Å². The van der Waals surface area contributed by atoms with Gasteiger partial charge in [-0.1, -0.05) is 12.1 Å². The van der Waals surface area contributed by atoms with Gasteiger partial charge in [0.25, 0.3) is 11.8 Å². The third kappa shape index (κ3) is 5.64. The van der Waals surface area contributed by atoms with Gasteiger partial charge in [-0.25, -0.2) is 4.98 Å². The Morgan fingerprint density at radius 2 is 1.71 bits per heavy atom. The van der Waals surface area contributed by atoms with Gasteiger partial charge in [-0.3, -0.25) is 14.6 Å². The van der Waals surface area contributed by atoms with E-state index in [2.05, 4.69) is 20.6 Å². The van der Waals surface area contributed by atoms with Crippen LogP contribution in [-0.2, 0) is 6.54 Å². The quantitative estimate of drug-likeness (QED) is 0.372. The Balaban J connectivity index is 1.43. The summed E-state index contributed by atoms with van der Waals surface area (Å²) in [6, 6.07) is 16.2. The number of carbonyl (C=O) groups excluding carboxylic acids is 2. The Kier molecular flexibility index (Phi) is 7.37. The summed E-state index contributed by atoms with van der Waals surface area (Å²) >= 11 is 1.32. The first-order chi connectivity index (χ1) is 17.0. The van der Waals surface area contributed by atoms with Crippen LogP contribution in [0.1, 0.15) is 31.3 Å². The number of pyridine rings is 1. The molecule has 0 aliphatic carbocycles. The maximum Gasteiger partial charge on any atom is 0.263 e. The lowest BCUT2D eigenvalue weighted by Gasteiger charge is -2.09. The van der Waals surface area contributed by atoms with Gasteiger partial charge in [-0.15, -0.1) is 11.3 Å². The highest BCUT2D eigenvalue weighted by molar-refractivity contribution is 7.17. The Morgan fingerprint density at radius 3 is 2.46 bits per heavy atom. The van der Waals surface area contributed by atoms with Gasteiger partial charge < -0.3 is 20.1 Å². The van der Waals surface area contributed by atoms with E-state index in [1.165, 1.54) is 11.3 Å². The Morgan fingerprint density at radius 1 is 0.943 bits per heavy atom. The molecule has 0 bridgehead atoms. The van der Waals surface area contributed by atoms with Crippen molar-refractivity contribution in [2.45, 2.75) is 13.5 Å². The van der Waals surface area contributed by atoms with E-state index in [-0.39, 0.29) is 11.8 Å². The van der Waals surface area contributed by atoms with Crippen molar-refractivity contribution < 1.29 is 19.1 Å². The summed E-state index contributed by atoms with van der Waals surface area (Å²) in [6.07, 6.45) is 3.14. The van der Waals surface area contributed by atoms with E-state index in [1.54, 1.807) is 44.8 Å². The van der Waals surface area contributed by atoms with Crippen LogP contribution in [0.4, 0.5) is 5.69 Å². The third-order valence-corrected chi connectivity index (χ3v) is 6.42. The molecule has 0 aliphatic heterocycles. The SMILES string of the molecule is COc1ccc(-c2nc(C)c(C(=O)NCc3cccc(NC(=O)c4ccncc4)c3)s2)cc1OC. The van der Waals surface area contributed by atoms with E-state index < -0.39 is 0 Å². The lowest BCUT2D eigenvalue weighted by Crippen LogP contribution is -2.22. The molecule has 0 saturated heterocycles. The predicted molar refractivity (Wildman–Crippen MR) is 135 cm³/mol. The number of anilines is 1. The lowest BCUT2D eigenvalue weighted by molar-refractivity contribution is 0.0953. The van der Waals surface area contributed by atoms with Gasteiger partial charge in [0.15, 0.2) is 11.5 Å². The zero-order chi connectivity index (χ0) is 24.8. The molecule has 0 saturated carbocycles. The summed E-state index contributed by atoms with van der Waals surface area (Å²) in [5, 5.41) is 6.52. The van der Waals surface area contributed by atoms with Gasteiger partial charge in [-0.05, 0) is 55.0 Å². The highest BCUT2D eigenvalue weighted by Crippen LogP contribution is 2.35. The van der Waals surface area contributed by atoms with E-state index in [0.717, 1.165) is 16.1 Å². The number of rotatable bonds is 8. The minimum absolute atomic E-state index is 0.210. The number of carbonyl (C=O) groups is 2. The van der Waals surface area contributed by atoms with Gasteiger partial charge in [0.05, 0.1) is 19.9 Å². The molecule has 8 nitrogen and oxygen atoms in total. The van der Waals surface area contributed by atoms with E-state index in [1.807, 2.05) is 43.3 Å². The second-order valence-corrected chi connectivity index (χ2v) is 8.58. The lowest BCUT2D eigenvalue weighted by atomic mass is 10.2.